The summed E-state index contributed by atoms with van der Waals surface area (Å²) in [6.07, 6.45) is 4.53. The lowest BCUT2D eigenvalue weighted by Gasteiger charge is -2.13. The number of hydrogen-bond donors (Lipinski definition) is 1. The zero-order valence-electron chi connectivity index (χ0n) is 16.4. The van der Waals surface area contributed by atoms with E-state index in [9.17, 15) is 4.79 Å². The lowest BCUT2D eigenvalue weighted by atomic mass is 10.0. The number of carbonyl (C=O) groups excluding carboxylic acids is 1. The van der Waals surface area contributed by atoms with E-state index in [2.05, 4.69) is 17.4 Å². The van der Waals surface area contributed by atoms with Crippen LogP contribution in [0.2, 0.25) is 5.02 Å². The highest BCUT2D eigenvalue weighted by Gasteiger charge is 2.21. The maximum absolute atomic E-state index is 12.8. The van der Waals surface area contributed by atoms with Gasteiger partial charge in [-0.25, -0.2) is 4.99 Å². The zero-order chi connectivity index (χ0) is 20.5. The van der Waals surface area contributed by atoms with Gasteiger partial charge in [0.05, 0.1) is 11.4 Å². The number of hydrogen-bond acceptors (Lipinski definition) is 3. The Labute approximate surface area is 185 Å². The van der Waals surface area contributed by atoms with Crippen molar-refractivity contribution in [3.63, 3.8) is 0 Å². The molecule has 3 nitrogen and oxygen atoms in total. The summed E-state index contributed by atoms with van der Waals surface area (Å²) in [5.74, 6) is -0.0142. The van der Waals surface area contributed by atoms with E-state index in [1.165, 1.54) is 12.8 Å². The molecule has 5 heteroatoms. The number of amides is 1. The van der Waals surface area contributed by atoms with Crippen LogP contribution in [0.3, 0.4) is 0 Å². The van der Waals surface area contributed by atoms with Crippen molar-refractivity contribution < 1.29 is 4.79 Å². The van der Waals surface area contributed by atoms with Gasteiger partial charge >= 0.3 is 0 Å². The van der Waals surface area contributed by atoms with Crippen LogP contribution in [-0.2, 0) is 0 Å². The van der Waals surface area contributed by atoms with Gasteiger partial charge in [-0.3, -0.25) is 4.79 Å². The molecule has 1 aliphatic heterocycles. The highest BCUT2D eigenvalue weighted by atomic mass is 35.5. The van der Waals surface area contributed by atoms with Gasteiger partial charge in [-0.15, -0.1) is 0 Å². The summed E-state index contributed by atoms with van der Waals surface area (Å²) in [6.45, 7) is 0. The summed E-state index contributed by atoms with van der Waals surface area (Å²) in [6, 6.07) is 22.1. The van der Waals surface area contributed by atoms with E-state index >= 15 is 0 Å². The molecule has 0 unspecified atom stereocenters. The summed E-state index contributed by atoms with van der Waals surface area (Å²) in [4.78, 5) is 20.0. The topological polar surface area (TPSA) is 41.5 Å². The van der Waals surface area contributed by atoms with Crippen LogP contribution in [0.4, 0.5) is 5.69 Å². The second kappa shape index (κ2) is 8.29. The predicted molar refractivity (Wildman–Crippen MR) is 123 cm³/mol. The molecule has 0 radical (unpaired) electrons. The summed E-state index contributed by atoms with van der Waals surface area (Å²) < 4.78 is 0. The van der Waals surface area contributed by atoms with Crippen molar-refractivity contribution in [1.82, 2.24) is 5.32 Å². The van der Waals surface area contributed by atoms with Gasteiger partial charge in [0.25, 0.3) is 5.91 Å². The second-order valence-electron chi connectivity index (χ2n) is 7.70. The van der Waals surface area contributed by atoms with Crippen LogP contribution < -0.4 is 5.32 Å². The number of carbonyl (C=O) groups is 1. The highest BCUT2D eigenvalue weighted by Crippen LogP contribution is 2.41. The summed E-state index contributed by atoms with van der Waals surface area (Å²) in [5.41, 5.74) is 4.45. The maximum Gasteiger partial charge on any atom is 0.251 e. The highest BCUT2D eigenvalue weighted by molar-refractivity contribution is 7.99. The quantitative estimate of drug-likeness (QED) is 0.394. The van der Waals surface area contributed by atoms with Crippen LogP contribution in [0, 0.1) is 0 Å². The monoisotopic (exact) mass is 432 g/mol. The molecule has 1 amide bonds. The first-order valence-corrected chi connectivity index (χ1v) is 11.4. The molecule has 0 saturated heterocycles. The van der Waals surface area contributed by atoms with Gasteiger partial charge in [-0.05, 0) is 49.2 Å². The summed E-state index contributed by atoms with van der Waals surface area (Å²) >= 11 is 7.79. The largest absolute Gasteiger partial charge is 0.349 e. The molecule has 0 atom stereocenters. The van der Waals surface area contributed by atoms with Gasteiger partial charge in [0.1, 0.15) is 0 Å². The molecule has 3 aromatic carbocycles. The molecule has 1 heterocycles. The Morgan fingerprint density at radius 3 is 2.53 bits per heavy atom. The van der Waals surface area contributed by atoms with Gasteiger partial charge < -0.3 is 5.32 Å². The molecule has 30 heavy (non-hydrogen) atoms. The minimum Gasteiger partial charge on any atom is -0.349 e. The molecule has 3 aromatic rings. The third-order valence-corrected chi connectivity index (χ3v) is 7.02. The third kappa shape index (κ3) is 3.90. The molecule has 1 fully saturated rings. The Morgan fingerprint density at radius 2 is 1.73 bits per heavy atom. The van der Waals surface area contributed by atoms with Gasteiger partial charge in [0, 0.05) is 37.5 Å². The molecule has 0 spiro atoms. The van der Waals surface area contributed by atoms with Crippen LogP contribution in [0.5, 0.6) is 0 Å². The third-order valence-electron chi connectivity index (χ3n) is 5.62. The lowest BCUT2D eigenvalue weighted by Crippen LogP contribution is -2.32. The van der Waals surface area contributed by atoms with E-state index in [-0.39, 0.29) is 5.91 Å². The van der Waals surface area contributed by atoms with Crippen LogP contribution >= 0.6 is 23.4 Å². The molecule has 1 saturated carbocycles. The van der Waals surface area contributed by atoms with Crippen molar-refractivity contribution >= 4 is 40.7 Å². The fraction of sp³-hybridized carbons (Fsp3) is 0.200. The average Bonchev–Trinajstić information content (AvgIpc) is 3.21. The Kier molecular flexibility index (Phi) is 5.36. The first-order valence-electron chi connectivity index (χ1n) is 10.2. The van der Waals surface area contributed by atoms with Gasteiger partial charge in [0.15, 0.2) is 0 Å². The lowest BCUT2D eigenvalue weighted by molar-refractivity contribution is 0.0938. The fourth-order valence-corrected chi connectivity index (χ4v) is 5.18. The molecule has 0 bridgehead atoms. The summed E-state index contributed by atoms with van der Waals surface area (Å²) in [7, 11) is 0. The predicted octanol–water partition coefficient (Wildman–Crippen LogP) is 6.65. The summed E-state index contributed by atoms with van der Waals surface area (Å²) in [5, 5.41) is 3.87. The van der Waals surface area contributed by atoms with E-state index in [4.69, 9.17) is 16.6 Å². The normalized spacial score (nSPS) is 15.7. The molecule has 1 N–H and O–H groups in total. The van der Waals surface area contributed by atoms with Crippen molar-refractivity contribution in [1.29, 1.82) is 0 Å². The average molecular weight is 433 g/mol. The molecule has 150 valence electrons. The number of halogens is 1. The fourth-order valence-electron chi connectivity index (χ4n) is 4.05. The Balaban J connectivity index is 1.57. The van der Waals surface area contributed by atoms with E-state index in [0.29, 0.717) is 16.6 Å². The molecule has 2 aliphatic rings. The standard InChI is InChI=1S/C25H21ClN2OS/c26-18-12-9-16(10-13-18)24-20-7-3-4-8-22(20)30-23-14-11-17(15-21(23)28-24)25(29)27-19-5-1-2-6-19/h3-4,7-15,19H,1-2,5-6H2,(H,27,29). The molecule has 1 aliphatic carbocycles. The van der Waals surface area contributed by atoms with Gasteiger partial charge in [0.2, 0.25) is 0 Å². The second-order valence-corrected chi connectivity index (χ2v) is 9.22. The zero-order valence-corrected chi connectivity index (χ0v) is 18.0. The van der Waals surface area contributed by atoms with E-state index in [1.807, 2.05) is 54.6 Å². The van der Waals surface area contributed by atoms with E-state index < -0.39 is 0 Å². The maximum atomic E-state index is 12.8. The molecule has 0 aromatic heterocycles. The minimum absolute atomic E-state index is 0.0142. The van der Waals surface area contributed by atoms with Crippen LogP contribution in [-0.4, -0.2) is 17.7 Å². The van der Waals surface area contributed by atoms with Gasteiger partial charge in [-0.2, -0.15) is 0 Å². The number of fused-ring (bicyclic) bond motifs is 2. The number of benzene rings is 3. The molecular formula is C25H21ClN2OS. The number of nitrogens with one attached hydrogen (secondary N) is 1. The van der Waals surface area contributed by atoms with Gasteiger partial charge in [-0.1, -0.05) is 66.5 Å². The first-order chi connectivity index (χ1) is 14.7. The number of nitrogens with zero attached hydrogens (tertiary/aromatic N) is 1. The van der Waals surface area contributed by atoms with Crippen LogP contribution in [0.15, 0.2) is 81.5 Å². The van der Waals surface area contributed by atoms with Crippen LogP contribution in [0.1, 0.15) is 47.2 Å². The molecule has 5 rings (SSSR count). The minimum atomic E-state index is -0.0142. The number of aliphatic imine (C=N–C) groups is 1. The van der Waals surface area contributed by atoms with Crippen LogP contribution in [0.25, 0.3) is 0 Å². The molecular weight excluding hydrogens is 412 g/mol. The van der Waals surface area contributed by atoms with Crippen molar-refractivity contribution in [3.05, 3.63) is 88.4 Å². The number of rotatable bonds is 3. The Bertz CT molecular complexity index is 1130. The Hall–Kier alpha value is -2.56. The Morgan fingerprint density at radius 1 is 0.967 bits per heavy atom. The van der Waals surface area contributed by atoms with E-state index in [1.54, 1.807) is 11.8 Å². The van der Waals surface area contributed by atoms with E-state index in [0.717, 1.165) is 45.2 Å². The first kappa shape index (κ1) is 19.4. The SMILES string of the molecule is O=C(NC1CCCC1)c1ccc2c(c1)N=C(c1ccc(Cl)cc1)c1ccccc1S2. The van der Waals surface area contributed by atoms with Crippen molar-refractivity contribution in [2.45, 2.75) is 41.5 Å². The van der Waals surface area contributed by atoms with Crippen molar-refractivity contribution in [3.8, 4) is 0 Å². The smallest absolute Gasteiger partial charge is 0.251 e. The van der Waals surface area contributed by atoms with Crippen molar-refractivity contribution in [2.75, 3.05) is 0 Å². The van der Waals surface area contributed by atoms with Crippen molar-refractivity contribution in [2.24, 2.45) is 4.99 Å².